The first-order valence-electron chi connectivity index (χ1n) is 7.81. The average molecular weight is 308 g/mol. The molecule has 22 heavy (non-hydrogen) atoms. The first-order chi connectivity index (χ1) is 10.5. The van der Waals surface area contributed by atoms with E-state index < -0.39 is 0 Å². The van der Waals surface area contributed by atoms with Gasteiger partial charge in [-0.15, -0.1) is 0 Å². The number of methoxy groups -OCH3 is 1. The molecule has 0 saturated carbocycles. The molecular formula is C17H28N2O3. The van der Waals surface area contributed by atoms with Gasteiger partial charge in [-0.25, -0.2) is 4.79 Å². The quantitative estimate of drug-likeness (QED) is 0.801. The lowest BCUT2D eigenvalue weighted by atomic mass is 10.1. The molecule has 0 aromatic heterocycles. The Hall–Kier alpha value is -1.75. The molecule has 0 bridgehead atoms. The van der Waals surface area contributed by atoms with Gasteiger partial charge in [0.2, 0.25) is 0 Å². The van der Waals surface area contributed by atoms with Gasteiger partial charge in [0.05, 0.1) is 13.2 Å². The predicted octanol–water partition coefficient (Wildman–Crippen LogP) is 3.21. The van der Waals surface area contributed by atoms with Crippen LogP contribution in [0.4, 0.5) is 4.79 Å². The minimum absolute atomic E-state index is 0.102. The number of nitrogens with zero attached hydrogens (tertiary/aromatic N) is 1. The summed E-state index contributed by atoms with van der Waals surface area (Å²) in [5, 5.41) is 2.78. The van der Waals surface area contributed by atoms with E-state index >= 15 is 0 Å². The van der Waals surface area contributed by atoms with Gasteiger partial charge in [0.15, 0.2) is 0 Å². The molecule has 0 saturated heterocycles. The van der Waals surface area contributed by atoms with E-state index in [4.69, 9.17) is 9.47 Å². The van der Waals surface area contributed by atoms with Crippen LogP contribution in [0.25, 0.3) is 0 Å². The number of likely N-dealkylation sites (N-methyl/N-ethyl adjacent to an activating group) is 1. The topological polar surface area (TPSA) is 50.8 Å². The van der Waals surface area contributed by atoms with E-state index in [-0.39, 0.29) is 18.2 Å². The van der Waals surface area contributed by atoms with Gasteiger partial charge in [0, 0.05) is 24.7 Å². The van der Waals surface area contributed by atoms with Gasteiger partial charge in [0.25, 0.3) is 0 Å². The fraction of sp³-hybridized carbons (Fsp3) is 0.588. The highest BCUT2D eigenvalue weighted by molar-refractivity contribution is 5.67. The standard InChI is InChI=1S/C17H28N2O3/c1-6-19(12-11-18-17(20)22-13(2)3)14(4)15-9-7-8-10-16(15)21-5/h7-10,13-14H,6,11-12H2,1-5H3,(H,18,20)/t14-/m0/s1. The fourth-order valence-electron chi connectivity index (χ4n) is 2.39. The zero-order valence-electron chi connectivity index (χ0n) is 14.3. The summed E-state index contributed by atoms with van der Waals surface area (Å²) in [6.45, 7) is 10.1. The molecule has 1 rings (SSSR count). The largest absolute Gasteiger partial charge is 0.496 e. The van der Waals surface area contributed by atoms with Crippen LogP contribution >= 0.6 is 0 Å². The summed E-state index contributed by atoms with van der Waals surface area (Å²) >= 11 is 0. The Kier molecular flexibility index (Phi) is 7.74. The van der Waals surface area contributed by atoms with Gasteiger partial charge < -0.3 is 14.8 Å². The Morgan fingerprint density at radius 2 is 1.95 bits per heavy atom. The summed E-state index contributed by atoms with van der Waals surface area (Å²) in [4.78, 5) is 13.8. The maximum absolute atomic E-state index is 11.5. The van der Waals surface area contributed by atoms with Crippen LogP contribution in [0.5, 0.6) is 5.75 Å². The number of alkyl carbamates (subject to hydrolysis) is 1. The number of amides is 1. The van der Waals surface area contributed by atoms with Crippen molar-refractivity contribution in [1.82, 2.24) is 10.2 Å². The van der Waals surface area contributed by atoms with Crippen LogP contribution < -0.4 is 10.1 Å². The molecule has 1 aromatic carbocycles. The maximum Gasteiger partial charge on any atom is 0.407 e. The number of carbonyl (C=O) groups is 1. The molecule has 0 radical (unpaired) electrons. The summed E-state index contributed by atoms with van der Waals surface area (Å²) in [6, 6.07) is 8.24. The Morgan fingerprint density at radius 1 is 1.27 bits per heavy atom. The number of carbonyl (C=O) groups excluding carboxylic acids is 1. The smallest absolute Gasteiger partial charge is 0.407 e. The number of hydrogen-bond donors (Lipinski definition) is 1. The molecule has 0 unspecified atom stereocenters. The Balaban J connectivity index is 2.58. The van der Waals surface area contributed by atoms with Crippen LogP contribution in [-0.2, 0) is 4.74 Å². The van der Waals surface area contributed by atoms with Gasteiger partial charge in [-0.3, -0.25) is 4.90 Å². The van der Waals surface area contributed by atoms with Gasteiger partial charge in [-0.1, -0.05) is 25.1 Å². The average Bonchev–Trinajstić information content (AvgIpc) is 2.50. The number of para-hydroxylation sites is 1. The normalized spacial score (nSPS) is 12.3. The second-order valence-corrected chi connectivity index (χ2v) is 5.43. The molecule has 5 nitrogen and oxygen atoms in total. The number of nitrogens with one attached hydrogen (secondary N) is 1. The molecule has 5 heteroatoms. The molecule has 0 fully saturated rings. The summed E-state index contributed by atoms with van der Waals surface area (Å²) < 4.78 is 10.5. The first-order valence-corrected chi connectivity index (χ1v) is 7.81. The van der Waals surface area contributed by atoms with Crippen LogP contribution in [0, 0.1) is 0 Å². The second-order valence-electron chi connectivity index (χ2n) is 5.43. The van der Waals surface area contributed by atoms with Crippen molar-refractivity contribution in [2.45, 2.75) is 39.8 Å². The molecule has 0 aliphatic carbocycles. The molecule has 1 atom stereocenters. The van der Waals surface area contributed by atoms with E-state index in [0.29, 0.717) is 6.54 Å². The summed E-state index contributed by atoms with van der Waals surface area (Å²) in [6.07, 6.45) is -0.467. The summed E-state index contributed by atoms with van der Waals surface area (Å²) in [5.41, 5.74) is 1.15. The molecule has 1 N–H and O–H groups in total. The van der Waals surface area contributed by atoms with E-state index in [2.05, 4.69) is 30.1 Å². The number of ether oxygens (including phenoxy) is 2. The Labute approximate surface area is 133 Å². The SMILES string of the molecule is CCN(CCNC(=O)OC(C)C)[C@@H](C)c1ccccc1OC. The van der Waals surface area contributed by atoms with E-state index in [1.165, 1.54) is 0 Å². The van der Waals surface area contributed by atoms with Crippen molar-refractivity contribution in [3.8, 4) is 5.75 Å². The van der Waals surface area contributed by atoms with Crippen molar-refractivity contribution >= 4 is 6.09 Å². The predicted molar refractivity (Wildman–Crippen MR) is 88.3 cm³/mol. The maximum atomic E-state index is 11.5. The monoisotopic (exact) mass is 308 g/mol. The van der Waals surface area contributed by atoms with Crippen molar-refractivity contribution < 1.29 is 14.3 Å². The lowest BCUT2D eigenvalue weighted by molar-refractivity contribution is 0.113. The highest BCUT2D eigenvalue weighted by Gasteiger charge is 2.17. The third-order valence-corrected chi connectivity index (χ3v) is 3.55. The van der Waals surface area contributed by atoms with Crippen molar-refractivity contribution in [2.24, 2.45) is 0 Å². The number of rotatable bonds is 8. The summed E-state index contributed by atoms with van der Waals surface area (Å²) in [5.74, 6) is 0.889. The molecule has 1 aromatic rings. The zero-order chi connectivity index (χ0) is 16.5. The van der Waals surface area contributed by atoms with Crippen molar-refractivity contribution in [3.63, 3.8) is 0 Å². The van der Waals surface area contributed by atoms with Crippen LogP contribution in [0.3, 0.4) is 0 Å². The Bertz CT molecular complexity index is 463. The highest BCUT2D eigenvalue weighted by atomic mass is 16.6. The lowest BCUT2D eigenvalue weighted by Crippen LogP contribution is -2.37. The van der Waals surface area contributed by atoms with Crippen molar-refractivity contribution in [3.05, 3.63) is 29.8 Å². The molecule has 0 aliphatic heterocycles. The third-order valence-electron chi connectivity index (χ3n) is 3.55. The van der Waals surface area contributed by atoms with Gasteiger partial charge >= 0.3 is 6.09 Å². The third kappa shape index (κ3) is 5.56. The molecule has 0 heterocycles. The van der Waals surface area contributed by atoms with Crippen molar-refractivity contribution in [2.75, 3.05) is 26.7 Å². The summed E-state index contributed by atoms with van der Waals surface area (Å²) in [7, 11) is 1.69. The fourth-order valence-corrected chi connectivity index (χ4v) is 2.39. The van der Waals surface area contributed by atoms with E-state index in [1.807, 2.05) is 32.0 Å². The van der Waals surface area contributed by atoms with Gasteiger partial charge in [-0.05, 0) is 33.4 Å². The van der Waals surface area contributed by atoms with Gasteiger partial charge in [-0.2, -0.15) is 0 Å². The molecule has 124 valence electrons. The molecule has 0 spiro atoms. The Morgan fingerprint density at radius 3 is 2.55 bits per heavy atom. The molecular weight excluding hydrogens is 280 g/mol. The minimum Gasteiger partial charge on any atom is -0.496 e. The van der Waals surface area contributed by atoms with Crippen LogP contribution in [0.15, 0.2) is 24.3 Å². The van der Waals surface area contributed by atoms with E-state index in [1.54, 1.807) is 7.11 Å². The second kappa shape index (κ2) is 9.30. The molecule has 1 amide bonds. The lowest BCUT2D eigenvalue weighted by Gasteiger charge is -2.29. The minimum atomic E-state index is -0.365. The van der Waals surface area contributed by atoms with Crippen LogP contribution in [-0.4, -0.2) is 43.8 Å². The molecule has 0 aliphatic rings. The zero-order valence-corrected chi connectivity index (χ0v) is 14.3. The van der Waals surface area contributed by atoms with Crippen LogP contribution in [0.2, 0.25) is 0 Å². The first kappa shape index (κ1) is 18.3. The number of hydrogen-bond acceptors (Lipinski definition) is 4. The highest BCUT2D eigenvalue weighted by Crippen LogP contribution is 2.28. The van der Waals surface area contributed by atoms with Crippen LogP contribution in [0.1, 0.15) is 39.3 Å². The van der Waals surface area contributed by atoms with Crippen molar-refractivity contribution in [1.29, 1.82) is 0 Å². The van der Waals surface area contributed by atoms with Gasteiger partial charge in [0.1, 0.15) is 5.75 Å². The van der Waals surface area contributed by atoms with E-state index in [0.717, 1.165) is 24.4 Å². The van der Waals surface area contributed by atoms with E-state index in [9.17, 15) is 4.79 Å². The number of benzene rings is 1.